The average Bonchev–Trinajstić information content (AvgIpc) is 3.37. The molecule has 2 heterocycles. The fourth-order valence-corrected chi connectivity index (χ4v) is 5.28. The third-order valence-electron chi connectivity index (χ3n) is 6.88. The Hall–Kier alpha value is -1.89. The molecule has 2 aliphatic carbocycles. The quantitative estimate of drug-likeness (QED) is 0.304. The van der Waals surface area contributed by atoms with E-state index in [1.807, 2.05) is 6.92 Å². The van der Waals surface area contributed by atoms with Crippen LogP contribution in [0.1, 0.15) is 26.2 Å². The molecule has 2 bridgehead atoms. The summed E-state index contributed by atoms with van der Waals surface area (Å²) in [5.41, 5.74) is 0. The van der Waals surface area contributed by atoms with Gasteiger partial charge in [0.1, 0.15) is 0 Å². The van der Waals surface area contributed by atoms with Crippen LogP contribution in [0.5, 0.6) is 0 Å². The average molecular weight is 388 g/mol. The summed E-state index contributed by atoms with van der Waals surface area (Å²) in [7, 11) is 2.17. The van der Waals surface area contributed by atoms with Crippen molar-refractivity contribution in [2.75, 3.05) is 46.3 Å². The SMILES string of the molecule is CCNC(=NCC1CCN(C)CC1)NCCN1C(=O)C2C3C=CC(C3)C2C1=O. The van der Waals surface area contributed by atoms with Crippen molar-refractivity contribution >= 4 is 17.8 Å². The first-order chi connectivity index (χ1) is 13.6. The highest BCUT2D eigenvalue weighted by Gasteiger charge is 2.58. The van der Waals surface area contributed by atoms with Gasteiger partial charge in [-0.3, -0.25) is 19.5 Å². The molecule has 4 atom stereocenters. The van der Waals surface area contributed by atoms with Crippen molar-refractivity contribution in [2.24, 2.45) is 34.6 Å². The van der Waals surface area contributed by atoms with Crippen LogP contribution in [0.25, 0.3) is 0 Å². The normalized spacial score (nSPS) is 33.1. The molecule has 0 aromatic carbocycles. The molecule has 2 aliphatic heterocycles. The van der Waals surface area contributed by atoms with Gasteiger partial charge >= 0.3 is 0 Å². The van der Waals surface area contributed by atoms with Gasteiger partial charge in [0.25, 0.3) is 0 Å². The van der Waals surface area contributed by atoms with Crippen molar-refractivity contribution in [1.82, 2.24) is 20.4 Å². The van der Waals surface area contributed by atoms with Crippen LogP contribution in [0.15, 0.2) is 17.1 Å². The number of nitrogens with zero attached hydrogens (tertiary/aromatic N) is 3. The number of amides is 2. The van der Waals surface area contributed by atoms with E-state index in [4.69, 9.17) is 4.99 Å². The Bertz CT molecular complexity index is 638. The maximum atomic E-state index is 12.7. The molecule has 0 radical (unpaired) electrons. The number of piperidine rings is 1. The zero-order valence-corrected chi connectivity index (χ0v) is 17.1. The Morgan fingerprint density at radius 1 is 1.11 bits per heavy atom. The van der Waals surface area contributed by atoms with E-state index in [1.165, 1.54) is 17.7 Å². The number of hydrogen-bond donors (Lipinski definition) is 2. The number of imide groups is 1. The van der Waals surface area contributed by atoms with Crippen LogP contribution in [0.2, 0.25) is 0 Å². The number of hydrogen-bond acceptors (Lipinski definition) is 4. The van der Waals surface area contributed by atoms with E-state index >= 15 is 0 Å². The molecule has 1 saturated carbocycles. The van der Waals surface area contributed by atoms with Crippen LogP contribution in [0, 0.1) is 29.6 Å². The van der Waals surface area contributed by atoms with Gasteiger partial charge in [0.2, 0.25) is 11.8 Å². The minimum Gasteiger partial charge on any atom is -0.357 e. The number of carbonyl (C=O) groups excluding carboxylic acids is 2. The van der Waals surface area contributed by atoms with E-state index in [1.54, 1.807) is 0 Å². The molecule has 0 aromatic rings. The summed E-state index contributed by atoms with van der Waals surface area (Å²) in [4.78, 5) is 34.1. The molecule has 7 heteroatoms. The number of nitrogens with one attached hydrogen (secondary N) is 2. The Labute approximate surface area is 167 Å². The van der Waals surface area contributed by atoms with E-state index in [0.717, 1.165) is 38.6 Å². The van der Waals surface area contributed by atoms with Crippen molar-refractivity contribution in [2.45, 2.75) is 26.2 Å². The third-order valence-corrected chi connectivity index (χ3v) is 6.88. The smallest absolute Gasteiger partial charge is 0.233 e. The molecule has 28 heavy (non-hydrogen) atoms. The van der Waals surface area contributed by atoms with Crippen molar-refractivity contribution < 1.29 is 9.59 Å². The highest BCUT2D eigenvalue weighted by Crippen LogP contribution is 2.52. The lowest BCUT2D eigenvalue weighted by Gasteiger charge is -2.28. The first-order valence-electron chi connectivity index (χ1n) is 10.8. The lowest BCUT2D eigenvalue weighted by atomic mass is 9.85. The molecule has 2 amide bonds. The molecule has 4 rings (SSSR count). The predicted octanol–water partition coefficient (Wildman–Crippen LogP) is 0.690. The third kappa shape index (κ3) is 3.69. The minimum absolute atomic E-state index is 0.0296. The molecule has 0 aromatic heterocycles. The first-order valence-corrected chi connectivity index (χ1v) is 10.8. The van der Waals surface area contributed by atoms with Crippen molar-refractivity contribution in [1.29, 1.82) is 0 Å². The monoisotopic (exact) mass is 387 g/mol. The van der Waals surface area contributed by atoms with Crippen LogP contribution in [0.4, 0.5) is 0 Å². The second kappa shape index (κ2) is 8.23. The van der Waals surface area contributed by atoms with Crippen molar-refractivity contribution in [3.05, 3.63) is 12.2 Å². The Kier molecular flexibility index (Phi) is 5.71. The van der Waals surface area contributed by atoms with Crippen LogP contribution in [-0.4, -0.2) is 73.9 Å². The van der Waals surface area contributed by atoms with Gasteiger partial charge in [0, 0.05) is 26.2 Å². The molecule has 154 valence electrons. The molecule has 7 nitrogen and oxygen atoms in total. The van der Waals surface area contributed by atoms with E-state index in [-0.39, 0.29) is 35.5 Å². The molecule has 3 fully saturated rings. The zero-order chi connectivity index (χ0) is 19.7. The number of rotatable bonds is 6. The summed E-state index contributed by atoms with van der Waals surface area (Å²) in [6.07, 6.45) is 7.63. The highest BCUT2D eigenvalue weighted by atomic mass is 16.2. The van der Waals surface area contributed by atoms with Gasteiger partial charge < -0.3 is 15.5 Å². The van der Waals surface area contributed by atoms with Gasteiger partial charge in [-0.25, -0.2) is 0 Å². The second-order valence-electron chi connectivity index (χ2n) is 8.72. The summed E-state index contributed by atoms with van der Waals surface area (Å²) in [5.74, 6) is 1.82. The maximum absolute atomic E-state index is 12.7. The molecule has 0 spiro atoms. The molecular formula is C21H33N5O2. The maximum Gasteiger partial charge on any atom is 0.233 e. The highest BCUT2D eigenvalue weighted by molar-refractivity contribution is 6.06. The number of aliphatic imine (C=N–C) groups is 1. The molecular weight excluding hydrogens is 354 g/mol. The van der Waals surface area contributed by atoms with Gasteiger partial charge in [-0.05, 0) is 64.1 Å². The fourth-order valence-electron chi connectivity index (χ4n) is 5.28. The first kappa shape index (κ1) is 19.4. The number of guanidine groups is 1. The Morgan fingerprint density at radius 3 is 2.36 bits per heavy atom. The van der Waals surface area contributed by atoms with Gasteiger partial charge in [-0.2, -0.15) is 0 Å². The molecule has 2 saturated heterocycles. The minimum atomic E-state index is -0.103. The van der Waals surface area contributed by atoms with Gasteiger partial charge in [0.05, 0.1) is 11.8 Å². The topological polar surface area (TPSA) is 77.0 Å². The predicted molar refractivity (Wildman–Crippen MR) is 109 cm³/mol. The summed E-state index contributed by atoms with van der Waals surface area (Å²) in [6, 6.07) is 0. The van der Waals surface area contributed by atoms with Crippen LogP contribution < -0.4 is 10.6 Å². The van der Waals surface area contributed by atoms with Gasteiger partial charge in [0.15, 0.2) is 5.96 Å². The Balaban J connectivity index is 1.27. The van der Waals surface area contributed by atoms with Crippen LogP contribution in [0.3, 0.4) is 0 Å². The van der Waals surface area contributed by atoms with E-state index in [2.05, 4.69) is 34.7 Å². The van der Waals surface area contributed by atoms with E-state index in [0.29, 0.717) is 19.0 Å². The summed E-state index contributed by atoms with van der Waals surface area (Å²) >= 11 is 0. The lowest BCUT2D eigenvalue weighted by molar-refractivity contribution is -0.140. The van der Waals surface area contributed by atoms with Crippen molar-refractivity contribution in [3.63, 3.8) is 0 Å². The van der Waals surface area contributed by atoms with Gasteiger partial charge in [-0.1, -0.05) is 12.2 Å². The standard InChI is InChI=1S/C21H33N5O2/c1-3-22-21(24-13-14-6-9-25(2)10-7-14)23-8-11-26-19(27)17-15-4-5-16(12-15)18(17)20(26)28/h4-5,14-18H,3,6-13H2,1-2H3,(H2,22,23,24). The molecule has 4 unspecified atom stereocenters. The van der Waals surface area contributed by atoms with E-state index < -0.39 is 0 Å². The number of likely N-dealkylation sites (tertiary alicyclic amines) is 2. The summed E-state index contributed by atoms with van der Waals surface area (Å²) < 4.78 is 0. The zero-order valence-electron chi connectivity index (χ0n) is 17.1. The number of fused-ring (bicyclic) bond motifs is 5. The van der Waals surface area contributed by atoms with E-state index in [9.17, 15) is 9.59 Å². The fraction of sp³-hybridized carbons (Fsp3) is 0.762. The largest absolute Gasteiger partial charge is 0.357 e. The summed E-state index contributed by atoms with van der Waals surface area (Å²) in [6.45, 7) is 6.90. The molecule has 2 N–H and O–H groups in total. The van der Waals surface area contributed by atoms with Crippen LogP contribution in [-0.2, 0) is 9.59 Å². The van der Waals surface area contributed by atoms with Gasteiger partial charge in [-0.15, -0.1) is 0 Å². The second-order valence-corrected chi connectivity index (χ2v) is 8.72. The number of allylic oxidation sites excluding steroid dienone is 2. The molecule has 4 aliphatic rings. The van der Waals surface area contributed by atoms with Crippen molar-refractivity contribution in [3.8, 4) is 0 Å². The Morgan fingerprint density at radius 2 is 1.75 bits per heavy atom. The summed E-state index contributed by atoms with van der Waals surface area (Å²) in [5, 5.41) is 6.58. The number of carbonyl (C=O) groups is 2. The van der Waals surface area contributed by atoms with Crippen LogP contribution >= 0.6 is 0 Å². The lowest BCUT2D eigenvalue weighted by Crippen LogP contribution is -2.44.